The maximum Gasteiger partial charge on any atom is 0.215 e. The highest BCUT2D eigenvalue weighted by Gasteiger charge is 2.18. The second-order valence-electron chi connectivity index (χ2n) is 5.67. The first-order valence-corrected chi connectivity index (χ1v) is 10.7. The van der Waals surface area contributed by atoms with Gasteiger partial charge in [0.15, 0.2) is 0 Å². The average molecular weight is 443 g/mol. The zero-order valence-electron chi connectivity index (χ0n) is 15.0. The molecule has 0 saturated carbocycles. The number of aromatic nitrogens is 2. The van der Waals surface area contributed by atoms with Crippen LogP contribution in [0.25, 0.3) is 22.5 Å². The van der Waals surface area contributed by atoms with Gasteiger partial charge in [0.25, 0.3) is 0 Å². The number of aliphatic imine (C=N–C) groups is 2. The molecule has 0 amide bonds. The van der Waals surface area contributed by atoms with Gasteiger partial charge in [-0.25, -0.2) is 14.7 Å². The minimum Gasteiger partial charge on any atom is -0.251 e. The molecule has 0 spiro atoms. The van der Waals surface area contributed by atoms with Crippen LogP contribution in [0.4, 0.5) is 0 Å². The van der Waals surface area contributed by atoms with Gasteiger partial charge in [0.1, 0.15) is 12.4 Å². The highest BCUT2D eigenvalue weighted by atomic mass is 79.9. The summed E-state index contributed by atoms with van der Waals surface area (Å²) in [6, 6.07) is 20.0. The summed E-state index contributed by atoms with van der Waals surface area (Å²) in [5.74, 6) is 0. The van der Waals surface area contributed by atoms with Crippen LogP contribution in [0.3, 0.4) is 0 Å². The highest BCUT2D eigenvalue weighted by molar-refractivity contribution is 9.10. The molecule has 0 aliphatic carbocycles. The van der Waals surface area contributed by atoms with Crippen molar-refractivity contribution in [2.75, 3.05) is 6.26 Å². The quantitative estimate of drug-likeness (QED) is 0.431. The van der Waals surface area contributed by atoms with E-state index in [0.29, 0.717) is 5.17 Å². The monoisotopic (exact) mass is 442 g/mol. The van der Waals surface area contributed by atoms with E-state index in [1.807, 2.05) is 60.7 Å². The Balaban J connectivity index is 2.12. The van der Waals surface area contributed by atoms with Gasteiger partial charge in [-0.05, 0) is 22.9 Å². The summed E-state index contributed by atoms with van der Waals surface area (Å²) >= 11 is 3.72. The molecule has 7 heteroatoms. The lowest BCUT2D eigenvalue weighted by Gasteiger charge is -2.06. The minimum absolute atomic E-state index is 0.224. The molecule has 1 aromatic heterocycles. The molecule has 27 heavy (non-hydrogen) atoms. The van der Waals surface area contributed by atoms with Crippen molar-refractivity contribution in [2.45, 2.75) is 13.6 Å². The van der Waals surface area contributed by atoms with E-state index >= 15 is 0 Å². The molecule has 0 saturated heterocycles. The summed E-state index contributed by atoms with van der Waals surface area (Å²) in [5.41, 5.74) is 3.78. The van der Waals surface area contributed by atoms with Gasteiger partial charge in [-0.1, -0.05) is 60.7 Å². The first-order chi connectivity index (χ1) is 13.1. The standard InChI is InChI=1S/C20H19BrN4OS/c1-3-22-20(27(2)26)23-14-25-19(16-12-8-5-9-13-16)17(21)18(24-25)15-10-6-4-7-11-15/h3-13H,14H2,1-2H3/b22-3-,23-20+. The lowest BCUT2D eigenvalue weighted by atomic mass is 10.1. The Hall–Kier alpha value is -2.38. The minimum atomic E-state index is -1.26. The van der Waals surface area contributed by atoms with Crippen LogP contribution in [-0.4, -0.2) is 31.6 Å². The zero-order valence-corrected chi connectivity index (χ0v) is 17.4. The van der Waals surface area contributed by atoms with Crippen molar-refractivity contribution in [3.8, 4) is 22.5 Å². The maximum atomic E-state index is 11.8. The maximum absolute atomic E-state index is 11.8. The Morgan fingerprint density at radius 3 is 2.26 bits per heavy atom. The summed E-state index contributed by atoms with van der Waals surface area (Å²) < 4.78 is 14.5. The Bertz CT molecular complexity index is 998. The first-order valence-electron chi connectivity index (χ1n) is 8.35. The van der Waals surface area contributed by atoms with Crippen LogP contribution in [-0.2, 0) is 17.5 Å². The molecule has 1 unspecified atom stereocenters. The van der Waals surface area contributed by atoms with E-state index in [1.54, 1.807) is 24.1 Å². The van der Waals surface area contributed by atoms with Gasteiger partial charge in [0.05, 0.1) is 21.0 Å². The van der Waals surface area contributed by atoms with E-state index in [-0.39, 0.29) is 6.67 Å². The third-order valence-electron chi connectivity index (χ3n) is 3.83. The Morgan fingerprint density at radius 1 is 1.11 bits per heavy atom. The van der Waals surface area contributed by atoms with E-state index in [4.69, 9.17) is 5.10 Å². The number of hydrogen-bond acceptors (Lipinski definition) is 3. The van der Waals surface area contributed by atoms with Gasteiger partial charge in [-0.15, -0.1) is 0 Å². The van der Waals surface area contributed by atoms with E-state index in [1.165, 1.54) is 0 Å². The van der Waals surface area contributed by atoms with Crippen molar-refractivity contribution in [3.05, 3.63) is 65.1 Å². The van der Waals surface area contributed by atoms with E-state index in [9.17, 15) is 4.21 Å². The second-order valence-corrected chi connectivity index (χ2v) is 7.73. The fourth-order valence-corrected chi connectivity index (χ4v) is 3.87. The molecule has 138 valence electrons. The van der Waals surface area contributed by atoms with Gasteiger partial charge in [0.2, 0.25) is 5.17 Å². The molecule has 0 radical (unpaired) electrons. The summed E-state index contributed by atoms with van der Waals surface area (Å²) in [7, 11) is -1.26. The number of benzene rings is 2. The topological polar surface area (TPSA) is 59.6 Å². The van der Waals surface area contributed by atoms with Crippen LogP contribution < -0.4 is 0 Å². The number of halogens is 1. The van der Waals surface area contributed by atoms with Crippen LogP contribution >= 0.6 is 15.9 Å². The SMILES string of the molecule is C/C=N\C(=N/Cn1nc(-c2ccccc2)c(Br)c1-c1ccccc1)S(C)=O. The van der Waals surface area contributed by atoms with Gasteiger partial charge >= 0.3 is 0 Å². The highest BCUT2D eigenvalue weighted by Crippen LogP contribution is 2.36. The fraction of sp³-hybridized carbons (Fsp3) is 0.150. The second kappa shape index (κ2) is 9.01. The molecule has 0 bridgehead atoms. The fourth-order valence-electron chi connectivity index (χ4n) is 2.64. The lowest BCUT2D eigenvalue weighted by molar-refractivity contribution is 0.649. The number of nitrogens with zero attached hydrogens (tertiary/aromatic N) is 4. The van der Waals surface area contributed by atoms with Crippen LogP contribution in [0.15, 0.2) is 75.1 Å². The predicted molar refractivity (Wildman–Crippen MR) is 116 cm³/mol. The molecule has 0 N–H and O–H groups in total. The van der Waals surface area contributed by atoms with Crippen LogP contribution in [0.1, 0.15) is 6.92 Å². The molecule has 0 fully saturated rings. The van der Waals surface area contributed by atoms with Crippen molar-refractivity contribution in [3.63, 3.8) is 0 Å². The smallest absolute Gasteiger partial charge is 0.215 e. The Kier molecular flexibility index (Phi) is 6.47. The molecular weight excluding hydrogens is 424 g/mol. The van der Waals surface area contributed by atoms with Crippen LogP contribution in [0, 0.1) is 0 Å². The largest absolute Gasteiger partial charge is 0.251 e. The summed E-state index contributed by atoms with van der Waals surface area (Å²) in [6.07, 6.45) is 3.16. The molecule has 1 atom stereocenters. The zero-order chi connectivity index (χ0) is 19.2. The molecule has 2 aromatic carbocycles. The number of hydrogen-bond donors (Lipinski definition) is 0. The molecule has 1 heterocycles. The van der Waals surface area contributed by atoms with Gasteiger partial charge in [-0.2, -0.15) is 5.10 Å². The number of rotatable bonds is 4. The molecule has 3 aromatic rings. The van der Waals surface area contributed by atoms with Crippen LogP contribution in [0.2, 0.25) is 0 Å². The molecule has 5 nitrogen and oxygen atoms in total. The Labute approximate surface area is 169 Å². The van der Waals surface area contributed by atoms with Crippen molar-refractivity contribution in [2.24, 2.45) is 9.98 Å². The molecule has 0 aliphatic rings. The van der Waals surface area contributed by atoms with Crippen LogP contribution in [0.5, 0.6) is 0 Å². The first kappa shape index (κ1) is 19.4. The Morgan fingerprint density at radius 2 is 1.70 bits per heavy atom. The van der Waals surface area contributed by atoms with E-state index < -0.39 is 10.8 Å². The third-order valence-corrected chi connectivity index (χ3v) is 5.33. The van der Waals surface area contributed by atoms with Gasteiger partial charge in [-0.3, -0.25) is 4.21 Å². The van der Waals surface area contributed by atoms with Gasteiger partial charge in [0, 0.05) is 23.6 Å². The van der Waals surface area contributed by atoms with Crippen molar-refractivity contribution in [1.82, 2.24) is 9.78 Å². The predicted octanol–water partition coefficient (Wildman–Crippen LogP) is 4.76. The third kappa shape index (κ3) is 4.48. The normalized spacial score (nSPS) is 13.2. The summed E-state index contributed by atoms with van der Waals surface area (Å²) in [6.45, 7) is 2.00. The summed E-state index contributed by atoms with van der Waals surface area (Å²) in [4.78, 5) is 8.52. The van der Waals surface area contributed by atoms with E-state index in [0.717, 1.165) is 27.0 Å². The van der Waals surface area contributed by atoms with Crippen molar-refractivity contribution >= 4 is 38.1 Å². The lowest BCUT2D eigenvalue weighted by Crippen LogP contribution is -2.07. The number of amidine groups is 1. The van der Waals surface area contributed by atoms with Crippen molar-refractivity contribution < 1.29 is 4.21 Å². The molecule has 0 aliphatic heterocycles. The molecule has 3 rings (SSSR count). The van der Waals surface area contributed by atoms with E-state index in [2.05, 4.69) is 25.9 Å². The average Bonchev–Trinajstić information content (AvgIpc) is 3.02. The molecular formula is C20H19BrN4OS. The summed E-state index contributed by atoms with van der Waals surface area (Å²) in [5, 5.41) is 5.06. The van der Waals surface area contributed by atoms with Crippen molar-refractivity contribution in [1.29, 1.82) is 0 Å². The van der Waals surface area contributed by atoms with Gasteiger partial charge < -0.3 is 0 Å².